The molecule has 6 atom stereocenters. The van der Waals surface area contributed by atoms with E-state index in [1.54, 1.807) is 0 Å². The summed E-state index contributed by atoms with van der Waals surface area (Å²) in [6.07, 6.45) is 0. The Balaban J connectivity index is 1.18. The molecule has 0 fully saturated rings. The van der Waals surface area contributed by atoms with E-state index in [0.29, 0.717) is 0 Å². The van der Waals surface area contributed by atoms with Gasteiger partial charge in [0, 0.05) is 50.2 Å². The summed E-state index contributed by atoms with van der Waals surface area (Å²) in [6.45, 7) is 14.2. The van der Waals surface area contributed by atoms with Crippen LogP contribution in [0.2, 0.25) is 0 Å². The fourth-order valence-corrected chi connectivity index (χ4v) is 20.3. The highest BCUT2D eigenvalue weighted by Crippen LogP contribution is 2.77. The van der Waals surface area contributed by atoms with E-state index in [9.17, 15) is 0 Å². The number of hydrogen-bond acceptors (Lipinski definition) is 3. The molecule has 0 saturated carbocycles. The molecule has 0 aliphatic heterocycles. The molecule has 0 aliphatic rings. The van der Waals surface area contributed by atoms with Crippen LogP contribution in [0.5, 0.6) is 0 Å². The van der Waals surface area contributed by atoms with E-state index in [2.05, 4.69) is 312 Å². The average Bonchev–Trinajstić information content (AvgIpc) is 3.43. The van der Waals surface area contributed by atoms with Crippen molar-refractivity contribution in [2.24, 2.45) is 0 Å². The van der Waals surface area contributed by atoms with Crippen molar-refractivity contribution in [2.75, 3.05) is 0 Å². The van der Waals surface area contributed by atoms with Gasteiger partial charge in [-0.25, -0.2) is 0 Å². The highest BCUT2D eigenvalue weighted by atomic mass is 33.4. The van der Waals surface area contributed by atoms with Crippen molar-refractivity contribution in [2.45, 2.75) is 91.7 Å². The van der Waals surface area contributed by atoms with Gasteiger partial charge >= 0.3 is 0 Å². The van der Waals surface area contributed by atoms with Crippen molar-refractivity contribution in [1.82, 2.24) is 0 Å². The van der Waals surface area contributed by atoms with E-state index in [1.165, 1.54) is 81.4 Å². The van der Waals surface area contributed by atoms with Crippen LogP contribution >= 0.6 is 39.7 Å². The molecule has 0 aromatic heterocycles. The molecule has 350 valence electrons. The van der Waals surface area contributed by atoms with Gasteiger partial charge in [0.1, 0.15) is 0 Å². The van der Waals surface area contributed by atoms with E-state index < -0.39 is 5.53 Å². The minimum absolute atomic E-state index is 0.207. The van der Waals surface area contributed by atoms with E-state index in [-0.39, 0.29) is 35.5 Å². The second-order valence-corrected chi connectivity index (χ2v) is 28.0. The maximum Gasteiger partial charge on any atom is 0.0877 e. The van der Waals surface area contributed by atoms with Gasteiger partial charge in [0.15, 0.2) is 0 Å². The fraction of sp³-hybridized carbons (Fsp3) is 0.182. The molecule has 0 bridgehead atoms. The van der Waals surface area contributed by atoms with Gasteiger partial charge in [-0.2, -0.15) is 0 Å². The van der Waals surface area contributed by atoms with Gasteiger partial charge in [-0.05, 0) is 85.0 Å². The summed E-state index contributed by atoms with van der Waals surface area (Å²) in [5.74, 6) is 1.43. The Kier molecular flexibility index (Phi) is 16.7. The first kappa shape index (κ1) is 49.4. The second kappa shape index (κ2) is 23.6. The molecular weight excluding hydrogens is 920 g/mol. The third kappa shape index (κ3) is 11.8. The van der Waals surface area contributed by atoms with Crippen LogP contribution in [0.15, 0.2) is 251 Å². The van der Waals surface area contributed by atoms with E-state index >= 15 is 0 Å². The Hall–Kier alpha value is -5.54. The van der Waals surface area contributed by atoms with Crippen LogP contribution in [-0.2, 0) is 0 Å². The maximum absolute atomic E-state index is 2.52. The SMILES string of the molecule is CC(c1ccccc1)c1ccc(SP(Sc2ccc(C(C)c3ccccc3)cc2C(C)c2ccccc2)Sc2ccc(C(C)c3ccccc3)cc2C(C)c2ccccc2)c(C(C)c2ccccc2)c1. The quantitative estimate of drug-likeness (QED) is 0.0787. The first-order valence-corrected chi connectivity index (χ1v) is 30.4. The molecule has 0 aliphatic carbocycles. The zero-order valence-corrected chi connectivity index (χ0v) is 44.5. The van der Waals surface area contributed by atoms with Crippen LogP contribution in [0.4, 0.5) is 0 Å². The van der Waals surface area contributed by atoms with Crippen molar-refractivity contribution in [1.29, 1.82) is 0 Å². The lowest BCUT2D eigenvalue weighted by molar-refractivity contribution is 0.866. The lowest BCUT2D eigenvalue weighted by Gasteiger charge is -2.26. The summed E-state index contributed by atoms with van der Waals surface area (Å²) in [5, 5.41) is 0. The van der Waals surface area contributed by atoms with Gasteiger partial charge in [-0.3, -0.25) is 0 Å². The minimum atomic E-state index is -0.876. The number of rotatable bonds is 18. The zero-order valence-electron chi connectivity index (χ0n) is 41.2. The predicted octanol–water partition coefficient (Wildman–Crippen LogP) is 20.5. The first-order chi connectivity index (χ1) is 34.2. The highest BCUT2D eigenvalue weighted by molar-refractivity contribution is 9.12. The number of benzene rings is 9. The van der Waals surface area contributed by atoms with Gasteiger partial charge in [0.2, 0.25) is 0 Å². The molecule has 9 aromatic carbocycles. The van der Waals surface area contributed by atoms with E-state index in [4.69, 9.17) is 0 Å². The van der Waals surface area contributed by atoms with Gasteiger partial charge in [-0.15, -0.1) is 0 Å². The molecule has 0 saturated heterocycles. The Morgan fingerprint density at radius 1 is 0.229 bits per heavy atom. The summed E-state index contributed by atoms with van der Waals surface area (Å²) in [7, 11) is 0. The third-order valence-corrected chi connectivity index (χ3v) is 23.6. The molecule has 0 heterocycles. The van der Waals surface area contributed by atoms with Crippen LogP contribution < -0.4 is 0 Å². The van der Waals surface area contributed by atoms with Crippen molar-refractivity contribution >= 4 is 39.7 Å². The van der Waals surface area contributed by atoms with E-state index in [1.807, 2.05) is 0 Å². The molecule has 4 heteroatoms. The summed E-state index contributed by atoms with van der Waals surface area (Å²) in [6, 6.07) is 88.2. The molecule has 9 aromatic rings. The minimum Gasteiger partial charge on any atom is -0.0751 e. The van der Waals surface area contributed by atoms with Gasteiger partial charge in [-0.1, -0.05) is 294 Å². The Morgan fingerprint density at radius 2 is 0.429 bits per heavy atom. The van der Waals surface area contributed by atoms with Gasteiger partial charge in [0.05, 0.1) is 5.53 Å². The zero-order chi connectivity index (χ0) is 48.4. The van der Waals surface area contributed by atoms with Crippen LogP contribution in [0.25, 0.3) is 0 Å². The molecule has 0 spiro atoms. The average molecular weight is 983 g/mol. The molecule has 70 heavy (non-hydrogen) atoms. The Bertz CT molecular complexity index is 2720. The van der Waals surface area contributed by atoms with Gasteiger partial charge < -0.3 is 0 Å². The van der Waals surface area contributed by atoms with Crippen molar-refractivity contribution in [3.63, 3.8) is 0 Å². The van der Waals surface area contributed by atoms with E-state index in [0.717, 1.165) is 0 Å². The topological polar surface area (TPSA) is 0 Å². The molecule has 0 N–H and O–H groups in total. The van der Waals surface area contributed by atoms with Gasteiger partial charge in [0.25, 0.3) is 0 Å². The smallest absolute Gasteiger partial charge is 0.0751 e. The lowest BCUT2D eigenvalue weighted by atomic mass is 9.87. The maximum atomic E-state index is 2.52. The number of hydrogen-bond donors (Lipinski definition) is 0. The molecular formula is C66H63PS3. The first-order valence-electron chi connectivity index (χ1n) is 24.8. The van der Waals surface area contributed by atoms with Crippen LogP contribution in [-0.4, -0.2) is 0 Å². The predicted molar refractivity (Wildman–Crippen MR) is 308 cm³/mol. The fourth-order valence-electron chi connectivity index (χ4n) is 9.64. The van der Waals surface area contributed by atoms with Crippen molar-refractivity contribution < 1.29 is 0 Å². The normalized spacial score (nSPS) is 14.5. The van der Waals surface area contributed by atoms with Crippen molar-refractivity contribution in [3.05, 3.63) is 303 Å². The highest BCUT2D eigenvalue weighted by Gasteiger charge is 2.27. The largest absolute Gasteiger partial charge is 0.0877 e. The summed E-state index contributed by atoms with van der Waals surface area (Å²) < 4.78 is 0. The molecule has 0 nitrogen and oxygen atoms in total. The van der Waals surface area contributed by atoms with Crippen molar-refractivity contribution in [3.8, 4) is 0 Å². The molecule has 6 unspecified atom stereocenters. The second-order valence-electron chi connectivity index (χ2n) is 18.7. The molecule has 0 amide bonds. The third-order valence-electron chi connectivity index (χ3n) is 14.3. The summed E-state index contributed by atoms with van der Waals surface area (Å²) in [4.78, 5) is 4.06. The summed E-state index contributed by atoms with van der Waals surface area (Å²) in [5.41, 5.74) is 15.4. The monoisotopic (exact) mass is 982 g/mol. The van der Waals surface area contributed by atoms with Crippen LogP contribution in [0.1, 0.15) is 144 Å². The van der Waals surface area contributed by atoms with Crippen LogP contribution in [0.3, 0.4) is 0 Å². The lowest BCUT2D eigenvalue weighted by Crippen LogP contribution is -2.03. The van der Waals surface area contributed by atoms with Crippen LogP contribution in [0, 0.1) is 0 Å². The summed E-state index contributed by atoms with van der Waals surface area (Å²) >= 11 is 6.25. The molecule has 9 rings (SSSR count). The standard InChI is InChI=1S/C66H63PS3/c1-46(52-25-13-7-14-26-52)58-37-40-64(61(43-58)49(4)55-31-19-10-20-32-55)68-67(69-65-41-38-59(47(2)53-27-15-8-16-28-53)44-62(65)50(5)56-33-21-11-22-34-56)70-66-42-39-60(48(3)54-29-17-9-18-30-54)45-63(66)51(6)57-35-23-12-24-36-57/h7-51H,1-6H3. The Labute approximate surface area is 431 Å². The Morgan fingerprint density at radius 3 is 0.643 bits per heavy atom. The molecule has 0 radical (unpaired) electrons.